The van der Waals surface area contributed by atoms with Gasteiger partial charge in [-0.25, -0.2) is 14.6 Å². The Kier molecular flexibility index (Phi) is 5.81. The van der Waals surface area contributed by atoms with Gasteiger partial charge in [-0.3, -0.25) is 0 Å². The van der Waals surface area contributed by atoms with Crippen LogP contribution in [0.15, 0.2) is 55.0 Å². The minimum Gasteiger partial charge on any atom is -0.486 e. The van der Waals surface area contributed by atoms with E-state index in [9.17, 15) is 10.4 Å². The van der Waals surface area contributed by atoms with Crippen LogP contribution in [0, 0.1) is 17.2 Å². The van der Waals surface area contributed by atoms with Crippen LogP contribution in [0.3, 0.4) is 0 Å². The number of hydrogen-bond acceptors (Lipinski definition) is 7. The summed E-state index contributed by atoms with van der Waals surface area (Å²) >= 11 is 0. The van der Waals surface area contributed by atoms with Crippen molar-refractivity contribution in [1.82, 2.24) is 19.7 Å². The zero-order chi connectivity index (χ0) is 25.6. The van der Waals surface area contributed by atoms with Crippen LogP contribution in [0.5, 0.6) is 5.75 Å². The summed E-state index contributed by atoms with van der Waals surface area (Å²) in [5, 5.41) is 25.3. The van der Waals surface area contributed by atoms with Gasteiger partial charge in [0.1, 0.15) is 24.0 Å². The summed E-state index contributed by atoms with van der Waals surface area (Å²) in [6.07, 6.45) is 7.23. The molecule has 2 atom stereocenters. The first-order valence-electron chi connectivity index (χ1n) is 12.9. The normalized spacial score (nSPS) is 19.6. The molecule has 4 aromatic rings. The van der Waals surface area contributed by atoms with Gasteiger partial charge in [-0.1, -0.05) is 6.07 Å². The molecule has 1 saturated heterocycles. The molecule has 37 heavy (non-hydrogen) atoms. The van der Waals surface area contributed by atoms with E-state index in [0.29, 0.717) is 11.4 Å². The van der Waals surface area contributed by atoms with Gasteiger partial charge in [0.25, 0.3) is 0 Å². The third-order valence-electron chi connectivity index (χ3n) is 7.72. The summed E-state index contributed by atoms with van der Waals surface area (Å²) in [5.41, 5.74) is 3.25. The van der Waals surface area contributed by atoms with E-state index in [-0.39, 0.29) is 12.0 Å². The summed E-state index contributed by atoms with van der Waals surface area (Å²) in [6, 6.07) is 16.1. The summed E-state index contributed by atoms with van der Waals surface area (Å²) in [5.74, 6) is 2.50. The lowest BCUT2D eigenvalue weighted by Crippen LogP contribution is -2.33. The molecule has 0 spiro atoms. The lowest BCUT2D eigenvalue weighted by atomic mass is 9.88. The van der Waals surface area contributed by atoms with Gasteiger partial charge in [0.05, 0.1) is 28.9 Å². The Morgan fingerprint density at radius 3 is 2.76 bits per heavy atom. The molecule has 0 amide bonds. The highest BCUT2D eigenvalue weighted by Crippen LogP contribution is 2.35. The van der Waals surface area contributed by atoms with Gasteiger partial charge in [-0.15, -0.1) is 0 Å². The minimum atomic E-state index is -0.712. The first-order valence-corrected chi connectivity index (χ1v) is 12.9. The van der Waals surface area contributed by atoms with E-state index in [2.05, 4.69) is 26.0 Å². The van der Waals surface area contributed by atoms with Gasteiger partial charge in [0.2, 0.25) is 0 Å². The number of benzene rings is 2. The third-order valence-corrected chi connectivity index (χ3v) is 7.72. The number of nitrogens with zero attached hydrogens (tertiary/aromatic N) is 6. The van der Waals surface area contributed by atoms with Crippen molar-refractivity contribution in [3.05, 3.63) is 71.7 Å². The van der Waals surface area contributed by atoms with Crippen molar-refractivity contribution in [2.75, 3.05) is 18.0 Å². The fraction of sp³-hybridized carbons (Fsp3) is 0.379. The van der Waals surface area contributed by atoms with E-state index in [1.54, 1.807) is 6.33 Å². The Morgan fingerprint density at radius 1 is 1.08 bits per heavy atom. The topological polar surface area (TPSA) is 100 Å². The SMILES string of the molecule is CC(C)(O)[C@@H]1CCN(c2cc(-n3ncc4ccc(O[C@@H]5CCCc6cc(C#N)ccc65)cc43)ncn2)C1. The van der Waals surface area contributed by atoms with Gasteiger partial charge < -0.3 is 14.7 Å². The van der Waals surface area contributed by atoms with Crippen molar-refractivity contribution in [2.24, 2.45) is 5.92 Å². The van der Waals surface area contributed by atoms with Crippen LogP contribution in [0.25, 0.3) is 16.7 Å². The summed E-state index contributed by atoms with van der Waals surface area (Å²) in [7, 11) is 0. The van der Waals surface area contributed by atoms with E-state index in [1.165, 1.54) is 5.56 Å². The molecular formula is C29H30N6O2. The second-order valence-corrected chi connectivity index (χ2v) is 10.6. The number of ether oxygens (including phenoxy) is 1. The number of rotatable bonds is 5. The number of fused-ring (bicyclic) bond motifs is 2. The van der Waals surface area contributed by atoms with E-state index < -0.39 is 5.60 Å². The van der Waals surface area contributed by atoms with Crippen LogP contribution in [0.1, 0.15) is 55.9 Å². The monoisotopic (exact) mass is 494 g/mol. The first kappa shape index (κ1) is 23.4. The molecule has 1 aliphatic carbocycles. The van der Waals surface area contributed by atoms with E-state index >= 15 is 0 Å². The largest absolute Gasteiger partial charge is 0.486 e. The van der Waals surface area contributed by atoms with E-state index in [4.69, 9.17) is 4.74 Å². The molecule has 8 nitrogen and oxygen atoms in total. The number of hydrogen-bond donors (Lipinski definition) is 1. The molecule has 0 unspecified atom stereocenters. The van der Waals surface area contributed by atoms with E-state index in [0.717, 1.165) is 66.8 Å². The van der Waals surface area contributed by atoms with Crippen LogP contribution >= 0.6 is 0 Å². The summed E-state index contributed by atoms with van der Waals surface area (Å²) in [4.78, 5) is 11.2. The summed E-state index contributed by atoms with van der Waals surface area (Å²) < 4.78 is 8.31. The van der Waals surface area contributed by atoms with Crippen LogP contribution < -0.4 is 9.64 Å². The highest BCUT2D eigenvalue weighted by atomic mass is 16.5. The van der Waals surface area contributed by atoms with Crippen LogP contribution in [0.2, 0.25) is 0 Å². The molecule has 3 heterocycles. The molecule has 188 valence electrons. The van der Waals surface area contributed by atoms with Crippen molar-refractivity contribution in [3.8, 4) is 17.6 Å². The molecule has 0 saturated carbocycles. The van der Waals surface area contributed by atoms with Gasteiger partial charge in [-0.2, -0.15) is 10.4 Å². The standard InChI is InChI=1S/C29H30N6O2/c1-29(2,36)22-10-11-34(17-22)27-14-28(32-18-31-27)35-25-13-23(8-7-21(25)16-33-35)37-26-5-3-4-20-12-19(15-30)6-9-24(20)26/h6-9,12-14,16,18,22,26,36H,3-5,10-11,17H2,1-2H3/t22-,26-/m1/s1. The number of anilines is 1. The maximum absolute atomic E-state index is 10.4. The Bertz CT molecular complexity index is 1500. The fourth-order valence-electron chi connectivity index (χ4n) is 5.55. The highest BCUT2D eigenvalue weighted by Gasteiger charge is 2.34. The molecule has 1 N–H and O–H groups in total. The molecule has 0 bridgehead atoms. The van der Waals surface area contributed by atoms with E-state index in [1.807, 2.05) is 67.2 Å². The van der Waals surface area contributed by atoms with Gasteiger partial charge in [0.15, 0.2) is 5.82 Å². The number of aromatic nitrogens is 4. The van der Waals surface area contributed by atoms with Gasteiger partial charge in [0, 0.05) is 36.5 Å². The molecule has 2 aliphatic rings. The first-order chi connectivity index (χ1) is 17.9. The Hall–Kier alpha value is -3.96. The zero-order valence-corrected chi connectivity index (χ0v) is 21.1. The second kappa shape index (κ2) is 9.16. The molecule has 1 fully saturated rings. The van der Waals surface area contributed by atoms with Crippen molar-refractivity contribution in [3.63, 3.8) is 0 Å². The van der Waals surface area contributed by atoms with Gasteiger partial charge >= 0.3 is 0 Å². The van der Waals surface area contributed by atoms with Crippen molar-refractivity contribution in [2.45, 2.75) is 51.2 Å². The third kappa shape index (κ3) is 4.51. The molecular weight excluding hydrogens is 464 g/mol. The molecule has 2 aromatic heterocycles. The molecule has 0 radical (unpaired) electrons. The number of nitriles is 1. The maximum atomic E-state index is 10.4. The smallest absolute Gasteiger partial charge is 0.159 e. The molecule has 6 rings (SSSR count). The highest BCUT2D eigenvalue weighted by molar-refractivity contribution is 5.81. The number of aliphatic hydroxyl groups is 1. The average Bonchev–Trinajstić information content (AvgIpc) is 3.56. The predicted molar refractivity (Wildman–Crippen MR) is 141 cm³/mol. The van der Waals surface area contributed by atoms with Crippen LogP contribution in [-0.4, -0.2) is 43.5 Å². The number of aryl methyl sites for hydroxylation is 1. The molecule has 8 heteroatoms. The molecule has 2 aromatic carbocycles. The zero-order valence-electron chi connectivity index (χ0n) is 21.1. The quantitative estimate of drug-likeness (QED) is 0.428. The van der Waals surface area contributed by atoms with Crippen molar-refractivity contribution in [1.29, 1.82) is 5.26 Å². The Balaban J connectivity index is 1.27. The Labute approximate surface area is 216 Å². The van der Waals surface area contributed by atoms with Gasteiger partial charge in [-0.05, 0) is 74.9 Å². The maximum Gasteiger partial charge on any atom is 0.159 e. The lowest BCUT2D eigenvalue weighted by molar-refractivity contribution is 0.0263. The predicted octanol–water partition coefficient (Wildman–Crippen LogP) is 4.74. The van der Waals surface area contributed by atoms with Crippen molar-refractivity contribution >= 4 is 16.7 Å². The van der Waals surface area contributed by atoms with Crippen LogP contribution in [-0.2, 0) is 6.42 Å². The summed E-state index contributed by atoms with van der Waals surface area (Å²) in [6.45, 7) is 5.35. The van der Waals surface area contributed by atoms with Crippen LogP contribution in [0.4, 0.5) is 5.82 Å². The van der Waals surface area contributed by atoms with Crippen molar-refractivity contribution < 1.29 is 9.84 Å². The lowest BCUT2D eigenvalue weighted by Gasteiger charge is -2.26. The minimum absolute atomic E-state index is 0.0464. The Morgan fingerprint density at radius 2 is 1.95 bits per heavy atom. The molecule has 1 aliphatic heterocycles. The average molecular weight is 495 g/mol. The fourth-order valence-corrected chi connectivity index (χ4v) is 5.55. The second-order valence-electron chi connectivity index (χ2n) is 10.6.